The molecule has 10 heteroatoms. The molecule has 33 heavy (non-hydrogen) atoms. The maximum atomic E-state index is 14.0. The van der Waals surface area contributed by atoms with E-state index in [-0.39, 0.29) is 23.3 Å². The minimum Gasteiger partial charge on any atom is -0.497 e. The zero-order valence-electron chi connectivity index (χ0n) is 17.8. The topological polar surface area (TPSA) is 97.6 Å². The van der Waals surface area contributed by atoms with Crippen molar-refractivity contribution in [3.8, 4) is 5.75 Å². The molecule has 2 amide bonds. The van der Waals surface area contributed by atoms with Crippen LogP contribution in [0, 0.1) is 12.7 Å². The van der Waals surface area contributed by atoms with Crippen molar-refractivity contribution in [3.05, 3.63) is 77.7 Å². The molecule has 0 bridgehead atoms. The van der Waals surface area contributed by atoms with Gasteiger partial charge in [-0.05, 0) is 61.0 Å². The van der Waals surface area contributed by atoms with Gasteiger partial charge in [-0.2, -0.15) is 0 Å². The molecule has 0 saturated carbocycles. The van der Waals surface area contributed by atoms with E-state index < -0.39 is 5.82 Å². The summed E-state index contributed by atoms with van der Waals surface area (Å²) in [5, 5.41) is 13.9. The van der Waals surface area contributed by atoms with E-state index in [9.17, 15) is 14.0 Å². The molecule has 0 atom stereocenters. The molecule has 2 aromatic heterocycles. The molecular formula is C23H20FN5O3S. The normalized spacial score (nSPS) is 10.8. The minimum atomic E-state index is -0.492. The van der Waals surface area contributed by atoms with Crippen LogP contribution < -0.4 is 15.4 Å². The first-order valence-corrected chi connectivity index (χ1v) is 10.9. The van der Waals surface area contributed by atoms with Crippen molar-refractivity contribution < 1.29 is 18.7 Å². The Kier molecular flexibility index (Phi) is 6.55. The molecular weight excluding hydrogens is 445 g/mol. The van der Waals surface area contributed by atoms with Crippen molar-refractivity contribution in [2.45, 2.75) is 12.1 Å². The van der Waals surface area contributed by atoms with Crippen molar-refractivity contribution in [2.24, 2.45) is 0 Å². The molecule has 0 aliphatic carbocycles. The number of anilines is 2. The van der Waals surface area contributed by atoms with Crippen LogP contribution in [0.1, 0.15) is 15.9 Å². The third-order valence-electron chi connectivity index (χ3n) is 4.71. The van der Waals surface area contributed by atoms with Gasteiger partial charge >= 0.3 is 0 Å². The number of pyridine rings is 1. The quantitative estimate of drug-likeness (QED) is 0.398. The minimum absolute atomic E-state index is 0.00359. The van der Waals surface area contributed by atoms with Crippen LogP contribution in [0.15, 0.2) is 66.0 Å². The second kappa shape index (κ2) is 9.70. The lowest BCUT2D eigenvalue weighted by atomic mass is 10.2. The number of carbonyl (C=O) groups is 2. The van der Waals surface area contributed by atoms with Gasteiger partial charge in [0.2, 0.25) is 5.91 Å². The zero-order valence-corrected chi connectivity index (χ0v) is 18.6. The number of nitrogens with zero attached hydrogens (tertiary/aromatic N) is 3. The van der Waals surface area contributed by atoms with E-state index in [1.54, 1.807) is 67.1 Å². The lowest BCUT2D eigenvalue weighted by Crippen LogP contribution is -2.15. The fraction of sp³-hybridized carbons (Fsp3) is 0.130. The Bertz CT molecular complexity index is 1320. The van der Waals surface area contributed by atoms with Crippen molar-refractivity contribution in [1.29, 1.82) is 0 Å². The van der Waals surface area contributed by atoms with Crippen LogP contribution in [0.25, 0.3) is 5.65 Å². The average Bonchev–Trinajstić information content (AvgIpc) is 3.22. The Labute approximate surface area is 193 Å². The Morgan fingerprint density at radius 3 is 2.58 bits per heavy atom. The van der Waals surface area contributed by atoms with Gasteiger partial charge in [-0.1, -0.05) is 17.8 Å². The summed E-state index contributed by atoms with van der Waals surface area (Å²) in [4.78, 5) is 24.9. The first-order chi connectivity index (χ1) is 15.9. The molecule has 0 saturated heterocycles. The van der Waals surface area contributed by atoms with Crippen LogP contribution in [0.3, 0.4) is 0 Å². The Morgan fingerprint density at radius 2 is 1.85 bits per heavy atom. The number of ether oxygens (including phenoxy) is 1. The molecule has 168 valence electrons. The number of hydrogen-bond acceptors (Lipinski definition) is 6. The van der Waals surface area contributed by atoms with Crippen molar-refractivity contribution >= 4 is 40.6 Å². The number of aromatic nitrogens is 3. The predicted octanol–water partition coefficient (Wildman–Crippen LogP) is 4.17. The monoisotopic (exact) mass is 465 g/mol. The van der Waals surface area contributed by atoms with Crippen LogP contribution >= 0.6 is 11.8 Å². The van der Waals surface area contributed by atoms with E-state index in [2.05, 4.69) is 20.8 Å². The van der Waals surface area contributed by atoms with Crippen molar-refractivity contribution in [3.63, 3.8) is 0 Å². The smallest absolute Gasteiger partial charge is 0.257 e. The Balaban J connectivity index is 1.43. The standard InChI is InChI=1S/C23H20FN5O3S/c1-14-3-9-19(18(24)11-14)26-21(30)13-33-23-28-27-20-10-4-15(12-29(20)23)22(31)25-16-5-7-17(32-2)8-6-16/h3-12H,13H2,1-2H3,(H,25,31)(H,26,30). The lowest BCUT2D eigenvalue weighted by Gasteiger charge is -2.08. The van der Waals surface area contributed by atoms with E-state index in [1.807, 2.05) is 0 Å². The lowest BCUT2D eigenvalue weighted by molar-refractivity contribution is -0.113. The van der Waals surface area contributed by atoms with Gasteiger partial charge in [-0.15, -0.1) is 10.2 Å². The fourth-order valence-corrected chi connectivity index (χ4v) is 3.73. The van der Waals surface area contributed by atoms with Gasteiger partial charge in [-0.3, -0.25) is 14.0 Å². The van der Waals surface area contributed by atoms with Crippen molar-refractivity contribution in [1.82, 2.24) is 14.6 Å². The van der Waals surface area contributed by atoms with Crippen LogP contribution in [-0.4, -0.2) is 39.3 Å². The van der Waals surface area contributed by atoms with E-state index in [4.69, 9.17) is 4.74 Å². The summed E-state index contributed by atoms with van der Waals surface area (Å²) in [6, 6.07) is 14.9. The highest BCUT2D eigenvalue weighted by Crippen LogP contribution is 2.21. The van der Waals surface area contributed by atoms with Crippen molar-refractivity contribution in [2.75, 3.05) is 23.5 Å². The molecule has 0 unspecified atom stereocenters. The summed E-state index contributed by atoms with van der Waals surface area (Å²) in [7, 11) is 1.57. The summed E-state index contributed by atoms with van der Waals surface area (Å²) < 4.78 is 20.7. The molecule has 0 radical (unpaired) electrons. The van der Waals surface area contributed by atoms with E-state index >= 15 is 0 Å². The highest BCUT2D eigenvalue weighted by atomic mass is 32.2. The number of halogens is 1. The number of thioether (sulfide) groups is 1. The molecule has 8 nitrogen and oxygen atoms in total. The third-order valence-corrected chi connectivity index (χ3v) is 5.66. The van der Waals surface area contributed by atoms with E-state index in [0.717, 1.165) is 17.3 Å². The summed E-state index contributed by atoms with van der Waals surface area (Å²) in [6.45, 7) is 1.77. The van der Waals surface area contributed by atoms with Gasteiger partial charge in [0.15, 0.2) is 10.8 Å². The second-order valence-corrected chi connectivity index (χ2v) is 8.07. The maximum Gasteiger partial charge on any atom is 0.257 e. The molecule has 0 aliphatic rings. The summed E-state index contributed by atoms with van der Waals surface area (Å²) >= 11 is 1.13. The van der Waals surface area contributed by atoms with Gasteiger partial charge in [0.05, 0.1) is 24.1 Å². The summed E-state index contributed by atoms with van der Waals surface area (Å²) in [5.74, 6) is -0.494. The van der Waals surface area contributed by atoms with Gasteiger partial charge < -0.3 is 15.4 Å². The molecule has 2 N–H and O–H groups in total. The molecule has 0 spiro atoms. The first-order valence-electron chi connectivity index (χ1n) is 9.92. The largest absolute Gasteiger partial charge is 0.497 e. The number of carbonyl (C=O) groups excluding carboxylic acids is 2. The Morgan fingerprint density at radius 1 is 1.06 bits per heavy atom. The van der Waals surface area contributed by atoms with Crippen LogP contribution in [0.5, 0.6) is 5.75 Å². The van der Waals surface area contributed by atoms with Gasteiger partial charge in [0, 0.05) is 11.9 Å². The molecule has 4 aromatic rings. The number of hydrogen-bond donors (Lipinski definition) is 2. The number of benzene rings is 2. The average molecular weight is 466 g/mol. The Hall–Kier alpha value is -3.92. The third kappa shape index (κ3) is 5.29. The van der Waals surface area contributed by atoms with Crippen LogP contribution in [-0.2, 0) is 4.79 Å². The van der Waals surface area contributed by atoms with Gasteiger partial charge in [0.25, 0.3) is 5.91 Å². The number of amides is 2. The van der Waals surface area contributed by atoms with Gasteiger partial charge in [-0.25, -0.2) is 4.39 Å². The summed E-state index contributed by atoms with van der Waals surface area (Å²) in [5.41, 5.74) is 2.44. The van der Waals surface area contributed by atoms with Crippen LogP contribution in [0.2, 0.25) is 0 Å². The highest BCUT2D eigenvalue weighted by molar-refractivity contribution is 7.99. The molecule has 0 aliphatic heterocycles. The zero-order chi connectivity index (χ0) is 23.4. The molecule has 2 heterocycles. The molecule has 2 aromatic carbocycles. The van der Waals surface area contributed by atoms with E-state index in [0.29, 0.717) is 27.8 Å². The second-order valence-electron chi connectivity index (χ2n) is 7.13. The number of aryl methyl sites for hydroxylation is 1. The van der Waals surface area contributed by atoms with E-state index in [1.165, 1.54) is 12.1 Å². The number of fused-ring (bicyclic) bond motifs is 1. The SMILES string of the molecule is COc1ccc(NC(=O)c2ccc3nnc(SCC(=O)Nc4ccc(C)cc4F)n3c2)cc1. The predicted molar refractivity (Wildman–Crippen MR) is 124 cm³/mol. The summed E-state index contributed by atoms with van der Waals surface area (Å²) in [6.07, 6.45) is 1.61. The molecule has 0 fully saturated rings. The molecule has 4 rings (SSSR count). The number of nitrogens with one attached hydrogen (secondary N) is 2. The number of methoxy groups -OCH3 is 1. The van der Waals surface area contributed by atoms with Crippen LogP contribution in [0.4, 0.5) is 15.8 Å². The maximum absolute atomic E-state index is 14.0. The van der Waals surface area contributed by atoms with Gasteiger partial charge in [0.1, 0.15) is 11.6 Å². The number of rotatable bonds is 7. The first kappa shape index (κ1) is 22.3. The fourth-order valence-electron chi connectivity index (χ4n) is 3.02. The highest BCUT2D eigenvalue weighted by Gasteiger charge is 2.14.